The predicted octanol–water partition coefficient (Wildman–Crippen LogP) is 12.0. The molecule has 0 saturated carbocycles. The van der Waals surface area contributed by atoms with Crippen molar-refractivity contribution in [3.05, 3.63) is 118 Å². The Morgan fingerprint density at radius 1 is 0.500 bits per heavy atom. The summed E-state index contributed by atoms with van der Waals surface area (Å²) in [7, 11) is 0. The smallest absolute Gasteiger partial charge is 0.0886 e. The van der Waals surface area contributed by atoms with E-state index in [1.54, 1.807) is 12.4 Å². The van der Waals surface area contributed by atoms with E-state index >= 15 is 0 Å². The second kappa shape index (κ2) is 20.3. The molecule has 244 valence electrons. The molecule has 2 aromatic carbocycles. The third-order valence-corrected chi connectivity index (χ3v) is 7.66. The van der Waals surface area contributed by atoms with Crippen molar-refractivity contribution in [1.29, 1.82) is 0 Å². The molecule has 0 radical (unpaired) electrons. The molecule has 7 heteroatoms. The SMILES string of the molecule is CC(CC(C)[N-]c1c(C(C)C)cccc1C(C)C)[N-]c1c(C(C)C)cccc1C(C)C.[O]=[U+2]=[O].c1ccc(-c2ccccn2)nc1. The number of pyridine rings is 2. The average molecular weight is 847 g/mol. The van der Waals surface area contributed by atoms with Crippen molar-refractivity contribution < 1.29 is 32.3 Å². The quantitative estimate of drug-likeness (QED) is 0.150. The molecule has 0 fully saturated rings. The van der Waals surface area contributed by atoms with E-state index in [1.165, 1.54) is 33.6 Å². The van der Waals surface area contributed by atoms with Crippen LogP contribution in [0, 0.1) is 27.8 Å². The molecule has 2 heterocycles. The largest absolute Gasteiger partial charge is 0.255 e. The summed E-state index contributed by atoms with van der Waals surface area (Å²) in [4.78, 5) is 8.37. The van der Waals surface area contributed by atoms with Gasteiger partial charge in [-0.2, -0.15) is 0 Å². The van der Waals surface area contributed by atoms with E-state index in [0.29, 0.717) is 23.7 Å². The maximum absolute atomic E-state index is 8.58. The standard InChI is InChI=1S/C29H44N2.C10H8N2.2O.U/c1-18(2)24-13-11-14-25(19(3)4)28(24)30-22(9)17-23(10)31-29-26(20(5)6)15-12-16-27(29)21(7)8;1-3-7-11-9(5-1)10-6-2-4-8-12-10;;;/h11-16,18-23H,17H2,1-10H3;1-8H;;;/q-2;;;;+2. The van der Waals surface area contributed by atoms with Crippen LogP contribution in [-0.4, -0.2) is 22.1 Å². The zero-order valence-electron chi connectivity index (χ0n) is 29.4. The van der Waals surface area contributed by atoms with Crippen molar-refractivity contribution in [1.82, 2.24) is 9.97 Å². The van der Waals surface area contributed by atoms with Gasteiger partial charge in [-0.1, -0.05) is 146 Å². The molecule has 2 unspecified atom stereocenters. The van der Waals surface area contributed by atoms with Gasteiger partial charge in [0.2, 0.25) is 0 Å². The minimum Gasteiger partial charge on any atom is -0.255 e. The van der Waals surface area contributed by atoms with Gasteiger partial charge in [0.25, 0.3) is 0 Å². The van der Waals surface area contributed by atoms with Crippen LogP contribution >= 0.6 is 0 Å². The fraction of sp³-hybridized carbons (Fsp3) is 0.436. The number of rotatable bonds is 11. The van der Waals surface area contributed by atoms with E-state index < -0.39 is 27.8 Å². The molecule has 0 amide bonds. The maximum atomic E-state index is 8.58. The van der Waals surface area contributed by atoms with Crippen molar-refractivity contribution in [2.24, 2.45) is 0 Å². The Hall–Kier alpha value is -3.01. The van der Waals surface area contributed by atoms with Crippen molar-refractivity contribution >= 4 is 11.4 Å². The van der Waals surface area contributed by atoms with Crippen LogP contribution in [0.5, 0.6) is 0 Å². The molecule has 0 N–H and O–H groups in total. The van der Waals surface area contributed by atoms with Gasteiger partial charge >= 0.3 is 32.3 Å². The summed E-state index contributed by atoms with van der Waals surface area (Å²) in [5, 5.41) is 10.5. The number of hydrogen-bond acceptors (Lipinski definition) is 4. The first-order chi connectivity index (χ1) is 21.9. The molecule has 0 spiro atoms. The first kappa shape index (κ1) is 39.2. The Kier molecular flexibility index (Phi) is 17.3. The fourth-order valence-electron chi connectivity index (χ4n) is 5.39. The number of aromatic nitrogens is 2. The monoisotopic (exact) mass is 846 g/mol. The van der Waals surface area contributed by atoms with Crippen LogP contribution in [0.25, 0.3) is 22.0 Å². The number of nitrogens with zero attached hydrogens (tertiary/aromatic N) is 4. The van der Waals surface area contributed by atoms with Gasteiger partial charge < -0.3 is 10.6 Å². The summed E-state index contributed by atoms with van der Waals surface area (Å²) in [6.07, 6.45) is 4.49. The molecule has 0 saturated heterocycles. The van der Waals surface area contributed by atoms with Crippen LogP contribution in [0.2, 0.25) is 0 Å². The first-order valence-electron chi connectivity index (χ1n) is 16.4. The average Bonchev–Trinajstić information content (AvgIpc) is 3.02. The first-order valence-corrected chi connectivity index (χ1v) is 19.8. The van der Waals surface area contributed by atoms with Crippen LogP contribution in [0.3, 0.4) is 0 Å². The Bertz CT molecular complexity index is 1330. The van der Waals surface area contributed by atoms with Gasteiger partial charge in [0.05, 0.1) is 11.4 Å². The predicted molar refractivity (Wildman–Crippen MR) is 188 cm³/mol. The van der Waals surface area contributed by atoms with Crippen molar-refractivity contribution in [2.75, 3.05) is 0 Å². The molecular formula is C39H52N4O2U. The van der Waals surface area contributed by atoms with Gasteiger partial charge in [0, 0.05) is 12.4 Å². The van der Waals surface area contributed by atoms with Crippen LogP contribution in [0.1, 0.15) is 122 Å². The summed E-state index contributed by atoms with van der Waals surface area (Å²) >= 11 is -2.51. The van der Waals surface area contributed by atoms with Gasteiger partial charge in [0.1, 0.15) is 0 Å². The molecule has 4 rings (SSSR count). The second-order valence-corrected chi connectivity index (χ2v) is 13.6. The Morgan fingerprint density at radius 3 is 1.04 bits per heavy atom. The summed E-state index contributed by atoms with van der Waals surface area (Å²) in [5.41, 5.74) is 9.67. The van der Waals surface area contributed by atoms with E-state index in [4.69, 9.17) is 15.1 Å². The molecule has 0 aliphatic heterocycles. The molecule has 0 aliphatic carbocycles. The fourth-order valence-corrected chi connectivity index (χ4v) is 5.39. The topological polar surface area (TPSA) is 88.1 Å². The van der Waals surface area contributed by atoms with Crippen LogP contribution < -0.4 is 0 Å². The zero-order chi connectivity index (χ0) is 34.2. The van der Waals surface area contributed by atoms with Crippen LogP contribution in [0.4, 0.5) is 11.4 Å². The van der Waals surface area contributed by atoms with Gasteiger partial charge in [0.15, 0.2) is 0 Å². The van der Waals surface area contributed by atoms with E-state index in [-0.39, 0.29) is 12.1 Å². The molecule has 2 aromatic heterocycles. The Morgan fingerprint density at radius 2 is 0.804 bits per heavy atom. The molecule has 4 aromatic rings. The Balaban J connectivity index is 0.000000401. The molecule has 46 heavy (non-hydrogen) atoms. The van der Waals surface area contributed by atoms with Crippen LogP contribution in [-0.2, 0) is 4.47 Å². The molecule has 6 nitrogen and oxygen atoms in total. The van der Waals surface area contributed by atoms with Gasteiger partial charge in [-0.3, -0.25) is 9.97 Å². The minimum atomic E-state index is -2.51. The summed E-state index contributed by atoms with van der Waals surface area (Å²) in [5.74, 6) is 1.88. The van der Waals surface area contributed by atoms with Gasteiger partial charge in [-0.25, -0.2) is 0 Å². The van der Waals surface area contributed by atoms with Gasteiger partial charge in [-0.15, -0.1) is 23.5 Å². The molecule has 2 atom stereocenters. The number of para-hydroxylation sites is 2. The normalized spacial score (nSPS) is 12.0. The van der Waals surface area contributed by atoms with E-state index in [9.17, 15) is 0 Å². The van der Waals surface area contributed by atoms with Gasteiger partial charge in [-0.05, 0) is 47.9 Å². The second-order valence-electron chi connectivity index (χ2n) is 12.9. The molecule has 0 bridgehead atoms. The minimum absolute atomic E-state index is 0.227. The van der Waals surface area contributed by atoms with E-state index in [1.807, 2.05) is 36.4 Å². The van der Waals surface area contributed by atoms with Crippen molar-refractivity contribution in [3.8, 4) is 11.4 Å². The summed E-state index contributed by atoms with van der Waals surface area (Å²) < 4.78 is 17.2. The Labute approximate surface area is 292 Å². The van der Waals surface area contributed by atoms with Crippen molar-refractivity contribution in [3.63, 3.8) is 0 Å². The summed E-state index contributed by atoms with van der Waals surface area (Å²) in [6.45, 7) is 22.6. The molecular weight excluding hydrogens is 794 g/mol. The third-order valence-electron chi connectivity index (χ3n) is 7.66. The third kappa shape index (κ3) is 12.3. The van der Waals surface area contributed by atoms with Crippen LogP contribution in [0.15, 0.2) is 85.2 Å². The van der Waals surface area contributed by atoms with Crippen molar-refractivity contribution in [2.45, 2.75) is 111 Å². The number of hydrogen-bond donors (Lipinski definition) is 0. The zero-order valence-corrected chi connectivity index (χ0v) is 33.5. The molecule has 0 aliphatic rings. The van der Waals surface area contributed by atoms with E-state index in [0.717, 1.165) is 17.8 Å². The van der Waals surface area contributed by atoms with E-state index in [2.05, 4.69) is 116 Å². The summed E-state index contributed by atoms with van der Waals surface area (Å²) in [6, 6.07) is 25.4. The maximum Gasteiger partial charge on any atom is 0.0886 e. The number of benzene rings is 2.